The van der Waals surface area contributed by atoms with Crippen LogP contribution in [-0.4, -0.2) is 62.8 Å². The zero-order valence-corrected chi connectivity index (χ0v) is 13.8. The molecule has 1 aliphatic heterocycles. The molecule has 1 saturated heterocycles. The van der Waals surface area contributed by atoms with Crippen LogP contribution in [0.1, 0.15) is 34.1 Å². The van der Waals surface area contributed by atoms with Crippen molar-refractivity contribution in [1.29, 1.82) is 0 Å². The minimum Gasteiger partial charge on any atom is -0.381 e. The number of aliphatic imine (C=N–C) groups is 1. The van der Waals surface area contributed by atoms with Gasteiger partial charge >= 0.3 is 0 Å². The van der Waals surface area contributed by atoms with Crippen LogP contribution in [0.4, 0.5) is 0 Å². The van der Waals surface area contributed by atoms with Gasteiger partial charge in [-0.15, -0.1) is 0 Å². The molecule has 0 spiro atoms. The lowest BCUT2D eigenvalue weighted by Gasteiger charge is -2.30. The summed E-state index contributed by atoms with van der Waals surface area (Å²) in [4.78, 5) is 6.75. The fourth-order valence-corrected chi connectivity index (χ4v) is 2.62. The van der Waals surface area contributed by atoms with Gasteiger partial charge in [-0.1, -0.05) is 0 Å². The van der Waals surface area contributed by atoms with E-state index in [0.717, 1.165) is 45.2 Å². The van der Waals surface area contributed by atoms with Crippen LogP contribution in [0.15, 0.2) is 4.99 Å². The largest absolute Gasteiger partial charge is 0.381 e. The molecule has 0 aromatic rings. The minimum atomic E-state index is 0.572. The number of nitrogens with zero attached hydrogens (tertiary/aromatic N) is 2. The van der Waals surface area contributed by atoms with Gasteiger partial charge in [0.05, 0.1) is 6.61 Å². The Morgan fingerprint density at radius 3 is 2.45 bits per heavy atom. The lowest BCUT2D eigenvalue weighted by Crippen LogP contribution is -2.46. The van der Waals surface area contributed by atoms with Crippen molar-refractivity contribution in [2.45, 2.75) is 46.2 Å². The van der Waals surface area contributed by atoms with Gasteiger partial charge in [-0.3, -0.25) is 9.89 Å². The van der Waals surface area contributed by atoms with Crippen LogP contribution in [-0.2, 0) is 4.74 Å². The second-order valence-corrected chi connectivity index (χ2v) is 6.03. The molecule has 1 heterocycles. The molecule has 5 nitrogen and oxygen atoms in total. The van der Waals surface area contributed by atoms with Crippen LogP contribution in [0.5, 0.6) is 0 Å². The summed E-state index contributed by atoms with van der Waals surface area (Å²) in [6.45, 7) is 13.6. The molecule has 5 heteroatoms. The van der Waals surface area contributed by atoms with Crippen molar-refractivity contribution in [3.63, 3.8) is 0 Å². The van der Waals surface area contributed by atoms with E-state index in [1.807, 2.05) is 7.05 Å². The Bertz CT molecular complexity index is 278. The molecule has 20 heavy (non-hydrogen) atoms. The third-order valence-electron chi connectivity index (χ3n) is 3.79. The predicted octanol–water partition coefficient (Wildman–Crippen LogP) is 1.31. The van der Waals surface area contributed by atoms with Crippen molar-refractivity contribution < 1.29 is 4.74 Å². The molecule has 0 aromatic heterocycles. The summed E-state index contributed by atoms with van der Waals surface area (Å²) >= 11 is 0. The Kier molecular flexibility index (Phi) is 7.92. The topological polar surface area (TPSA) is 48.9 Å². The predicted molar refractivity (Wildman–Crippen MR) is 85.3 cm³/mol. The van der Waals surface area contributed by atoms with Crippen LogP contribution in [0.3, 0.4) is 0 Å². The first-order valence-electron chi connectivity index (χ1n) is 7.82. The SMILES string of the molecule is CN=C(NCCN(C(C)C)C(C)C)NCC1CCOC1. The highest BCUT2D eigenvalue weighted by Crippen LogP contribution is 2.10. The summed E-state index contributed by atoms with van der Waals surface area (Å²) in [5.41, 5.74) is 0. The third-order valence-corrected chi connectivity index (χ3v) is 3.79. The van der Waals surface area contributed by atoms with E-state index < -0.39 is 0 Å². The molecule has 1 fully saturated rings. The standard InChI is InChI=1S/C15H32N4O/c1-12(2)19(13(3)4)8-7-17-15(16-5)18-10-14-6-9-20-11-14/h12-14H,6-11H2,1-5H3,(H2,16,17,18). The van der Waals surface area contributed by atoms with Crippen LogP contribution in [0, 0.1) is 5.92 Å². The van der Waals surface area contributed by atoms with Gasteiger partial charge in [0.15, 0.2) is 5.96 Å². The molecule has 1 atom stereocenters. The molecule has 0 bridgehead atoms. The second kappa shape index (κ2) is 9.19. The quantitative estimate of drug-likeness (QED) is 0.547. The van der Waals surface area contributed by atoms with Crippen LogP contribution in [0.2, 0.25) is 0 Å². The number of guanidine groups is 1. The normalized spacial score (nSPS) is 20.2. The molecule has 1 rings (SSSR count). The van der Waals surface area contributed by atoms with Gasteiger partial charge < -0.3 is 15.4 Å². The lowest BCUT2D eigenvalue weighted by molar-refractivity contribution is 0.178. The fourth-order valence-electron chi connectivity index (χ4n) is 2.62. The Morgan fingerprint density at radius 1 is 1.25 bits per heavy atom. The Balaban J connectivity index is 2.23. The molecule has 2 N–H and O–H groups in total. The molecule has 0 saturated carbocycles. The molecular formula is C15H32N4O. The number of ether oxygens (including phenoxy) is 1. The maximum Gasteiger partial charge on any atom is 0.191 e. The molecule has 0 radical (unpaired) electrons. The van der Waals surface area contributed by atoms with E-state index in [4.69, 9.17) is 4.74 Å². The molecule has 0 amide bonds. The van der Waals surface area contributed by atoms with Gasteiger partial charge in [0.1, 0.15) is 0 Å². The Hall–Kier alpha value is -0.810. The first-order valence-corrected chi connectivity index (χ1v) is 7.82. The Morgan fingerprint density at radius 2 is 1.95 bits per heavy atom. The molecule has 0 aliphatic carbocycles. The average Bonchev–Trinajstić information content (AvgIpc) is 2.90. The van der Waals surface area contributed by atoms with Gasteiger partial charge in [0, 0.05) is 51.3 Å². The highest BCUT2D eigenvalue weighted by Gasteiger charge is 2.16. The smallest absolute Gasteiger partial charge is 0.191 e. The van der Waals surface area contributed by atoms with Gasteiger partial charge in [-0.25, -0.2) is 0 Å². The summed E-state index contributed by atoms with van der Waals surface area (Å²) in [6.07, 6.45) is 1.15. The van der Waals surface area contributed by atoms with E-state index in [1.165, 1.54) is 0 Å². The lowest BCUT2D eigenvalue weighted by atomic mass is 10.1. The molecule has 0 aromatic carbocycles. The van der Waals surface area contributed by atoms with Crippen molar-refractivity contribution >= 4 is 5.96 Å². The first kappa shape index (κ1) is 17.2. The highest BCUT2D eigenvalue weighted by molar-refractivity contribution is 5.79. The van der Waals surface area contributed by atoms with E-state index in [0.29, 0.717) is 18.0 Å². The van der Waals surface area contributed by atoms with E-state index in [-0.39, 0.29) is 0 Å². The maximum absolute atomic E-state index is 5.38. The monoisotopic (exact) mass is 284 g/mol. The summed E-state index contributed by atoms with van der Waals surface area (Å²) in [5.74, 6) is 1.51. The summed E-state index contributed by atoms with van der Waals surface area (Å²) in [7, 11) is 1.82. The van der Waals surface area contributed by atoms with Crippen molar-refractivity contribution in [3.05, 3.63) is 0 Å². The van der Waals surface area contributed by atoms with Crippen molar-refractivity contribution in [2.75, 3.05) is 39.9 Å². The molecule has 118 valence electrons. The Labute approximate surface area is 124 Å². The number of rotatable bonds is 7. The fraction of sp³-hybridized carbons (Fsp3) is 0.933. The third kappa shape index (κ3) is 6.09. The molecule has 1 aliphatic rings. The zero-order valence-electron chi connectivity index (χ0n) is 13.8. The minimum absolute atomic E-state index is 0.572. The number of hydrogen-bond donors (Lipinski definition) is 2. The van der Waals surface area contributed by atoms with Gasteiger partial charge in [0.25, 0.3) is 0 Å². The first-order chi connectivity index (χ1) is 9.54. The van der Waals surface area contributed by atoms with Crippen molar-refractivity contribution in [2.24, 2.45) is 10.9 Å². The van der Waals surface area contributed by atoms with E-state index in [2.05, 4.69) is 48.2 Å². The maximum atomic E-state index is 5.38. The van der Waals surface area contributed by atoms with Crippen molar-refractivity contribution in [3.8, 4) is 0 Å². The van der Waals surface area contributed by atoms with E-state index >= 15 is 0 Å². The van der Waals surface area contributed by atoms with Crippen LogP contribution < -0.4 is 10.6 Å². The molecule has 1 unspecified atom stereocenters. The highest BCUT2D eigenvalue weighted by atomic mass is 16.5. The second-order valence-electron chi connectivity index (χ2n) is 6.03. The van der Waals surface area contributed by atoms with Gasteiger partial charge in [-0.05, 0) is 34.1 Å². The number of hydrogen-bond acceptors (Lipinski definition) is 3. The zero-order chi connectivity index (χ0) is 15.0. The van der Waals surface area contributed by atoms with Gasteiger partial charge in [-0.2, -0.15) is 0 Å². The van der Waals surface area contributed by atoms with Crippen molar-refractivity contribution in [1.82, 2.24) is 15.5 Å². The van der Waals surface area contributed by atoms with E-state index in [1.54, 1.807) is 0 Å². The number of nitrogens with one attached hydrogen (secondary N) is 2. The van der Waals surface area contributed by atoms with Crippen LogP contribution >= 0.6 is 0 Å². The van der Waals surface area contributed by atoms with E-state index in [9.17, 15) is 0 Å². The van der Waals surface area contributed by atoms with Gasteiger partial charge in [0.2, 0.25) is 0 Å². The molecular weight excluding hydrogens is 252 g/mol. The summed E-state index contributed by atoms with van der Waals surface area (Å²) in [6, 6.07) is 1.14. The summed E-state index contributed by atoms with van der Waals surface area (Å²) < 4.78 is 5.38. The van der Waals surface area contributed by atoms with Crippen LogP contribution in [0.25, 0.3) is 0 Å². The average molecular weight is 284 g/mol. The summed E-state index contributed by atoms with van der Waals surface area (Å²) in [5, 5.41) is 6.77.